The zero-order valence-corrected chi connectivity index (χ0v) is 12.6. The molecule has 24 heavy (non-hydrogen) atoms. The van der Waals surface area contributed by atoms with Gasteiger partial charge in [0.2, 0.25) is 5.91 Å². The van der Waals surface area contributed by atoms with E-state index in [2.05, 4.69) is 0 Å². The second kappa shape index (κ2) is 9.93. The highest BCUT2D eigenvalue weighted by atomic mass is 16.4. The van der Waals surface area contributed by atoms with E-state index in [0.717, 1.165) is 0 Å². The van der Waals surface area contributed by atoms with Gasteiger partial charge in [0.25, 0.3) is 0 Å². The van der Waals surface area contributed by atoms with Crippen LogP contribution < -0.4 is 11.1 Å². The molecule has 11 N–H and O–H groups in total. The normalized spacial score (nSPS) is 21.7. The molecule has 0 bridgehead atoms. The third-order valence-electron chi connectivity index (χ3n) is 3.32. The maximum absolute atomic E-state index is 11.7. The number of carbonyl (C=O) groups is 2. The number of nitrogens with one attached hydrogen (secondary N) is 1. The molecule has 0 aliphatic rings. The molecule has 1 amide bonds. The fourth-order valence-corrected chi connectivity index (χ4v) is 1.74. The van der Waals surface area contributed by atoms with E-state index in [9.17, 15) is 35.1 Å². The molecular formula is C12H24N2O10. The van der Waals surface area contributed by atoms with Crippen molar-refractivity contribution >= 4 is 12.2 Å². The molecule has 0 aliphatic carbocycles. The first kappa shape index (κ1) is 22.8. The highest BCUT2D eigenvalue weighted by molar-refractivity contribution is 5.82. The van der Waals surface area contributed by atoms with Crippen molar-refractivity contribution in [2.75, 3.05) is 13.2 Å². The van der Waals surface area contributed by atoms with Crippen molar-refractivity contribution < 1.29 is 50.4 Å². The van der Waals surface area contributed by atoms with E-state index in [4.69, 9.17) is 21.1 Å². The summed E-state index contributed by atoms with van der Waals surface area (Å²) in [6.07, 6.45) is -12.5. The molecule has 12 heteroatoms. The van der Waals surface area contributed by atoms with Crippen molar-refractivity contribution in [2.24, 2.45) is 5.73 Å². The summed E-state index contributed by atoms with van der Waals surface area (Å²) in [6, 6.07) is 0. The largest absolute Gasteiger partial charge is 0.394 e. The standard InChI is InChI=1S/C12H24N2O10/c13-12(4-17,11(24)10(23)7(20)3-16)14-8(21)1-5(18)9(22)6(19)2-15/h4-7,9-11,15-16,18-20,22-24H,1-3,13H2,(H,14,21)/t5-,6-,7-,9+,10-,11-,12?/m1/s1. The van der Waals surface area contributed by atoms with E-state index in [1.165, 1.54) is 0 Å². The van der Waals surface area contributed by atoms with Crippen LogP contribution in [0.5, 0.6) is 0 Å². The number of carbonyl (C=O) groups excluding carboxylic acids is 2. The molecule has 0 aromatic rings. The third-order valence-corrected chi connectivity index (χ3v) is 3.32. The average molecular weight is 356 g/mol. The summed E-state index contributed by atoms with van der Waals surface area (Å²) >= 11 is 0. The third kappa shape index (κ3) is 6.01. The monoisotopic (exact) mass is 356 g/mol. The average Bonchev–Trinajstić information content (AvgIpc) is 2.57. The van der Waals surface area contributed by atoms with Crippen LogP contribution in [0.15, 0.2) is 0 Å². The summed E-state index contributed by atoms with van der Waals surface area (Å²) in [5.41, 5.74) is 2.87. The Labute approximate surface area is 136 Å². The molecule has 0 saturated heterocycles. The molecule has 12 nitrogen and oxygen atoms in total. The first-order valence-electron chi connectivity index (χ1n) is 6.90. The first-order chi connectivity index (χ1) is 11.0. The lowest BCUT2D eigenvalue weighted by molar-refractivity contribution is -0.143. The van der Waals surface area contributed by atoms with Crippen LogP contribution in [0.4, 0.5) is 0 Å². The highest BCUT2D eigenvalue weighted by Crippen LogP contribution is 2.11. The van der Waals surface area contributed by atoms with Gasteiger partial charge in [-0.05, 0) is 0 Å². The molecule has 0 aromatic carbocycles. The summed E-state index contributed by atoms with van der Waals surface area (Å²) in [7, 11) is 0. The van der Waals surface area contributed by atoms with E-state index in [0.29, 0.717) is 0 Å². The molecular weight excluding hydrogens is 332 g/mol. The SMILES string of the molecule is NC(C=O)(NC(=O)C[C@@H](O)[C@H](O)[C@H](O)CO)[C@H](O)[C@H](O)[C@H](O)CO. The second-order valence-corrected chi connectivity index (χ2v) is 5.30. The zero-order valence-electron chi connectivity index (χ0n) is 12.6. The predicted molar refractivity (Wildman–Crippen MR) is 76.0 cm³/mol. The molecule has 7 atom stereocenters. The van der Waals surface area contributed by atoms with Crippen LogP contribution in [-0.2, 0) is 9.59 Å². The lowest BCUT2D eigenvalue weighted by Crippen LogP contribution is -2.69. The number of aliphatic hydroxyl groups excluding tert-OH is 8. The molecule has 0 heterocycles. The molecule has 0 rings (SSSR count). The van der Waals surface area contributed by atoms with Crippen molar-refractivity contribution in [1.82, 2.24) is 5.32 Å². The predicted octanol–water partition coefficient (Wildman–Crippen LogP) is -6.50. The quantitative estimate of drug-likeness (QED) is 0.123. The minimum absolute atomic E-state index is 0.131. The number of rotatable bonds is 11. The maximum atomic E-state index is 11.7. The number of aldehydes is 1. The van der Waals surface area contributed by atoms with Gasteiger partial charge in [0, 0.05) is 0 Å². The Balaban J connectivity index is 4.91. The number of hydrogen-bond donors (Lipinski definition) is 10. The summed E-state index contributed by atoms with van der Waals surface area (Å²) in [4.78, 5) is 22.8. The summed E-state index contributed by atoms with van der Waals surface area (Å²) in [5, 5.41) is 75.7. The Kier molecular flexibility index (Phi) is 9.42. The molecule has 0 spiro atoms. The summed E-state index contributed by atoms with van der Waals surface area (Å²) in [5.74, 6) is -1.15. The number of nitrogens with two attached hydrogens (primary N) is 1. The van der Waals surface area contributed by atoms with Gasteiger partial charge in [-0.15, -0.1) is 0 Å². The Morgan fingerprint density at radius 1 is 0.958 bits per heavy atom. The zero-order chi connectivity index (χ0) is 19.1. The van der Waals surface area contributed by atoms with Gasteiger partial charge < -0.3 is 51.9 Å². The Bertz CT molecular complexity index is 411. The van der Waals surface area contributed by atoms with Gasteiger partial charge in [-0.25, -0.2) is 0 Å². The van der Waals surface area contributed by atoms with Gasteiger partial charge in [0.15, 0.2) is 11.9 Å². The van der Waals surface area contributed by atoms with Crippen molar-refractivity contribution in [1.29, 1.82) is 0 Å². The van der Waals surface area contributed by atoms with Crippen LogP contribution in [-0.4, -0.2) is 109 Å². The van der Waals surface area contributed by atoms with Crippen LogP contribution >= 0.6 is 0 Å². The molecule has 142 valence electrons. The van der Waals surface area contributed by atoms with Gasteiger partial charge in [-0.3, -0.25) is 9.59 Å². The van der Waals surface area contributed by atoms with Crippen molar-refractivity contribution in [3.8, 4) is 0 Å². The lowest BCUT2D eigenvalue weighted by atomic mass is 9.96. The van der Waals surface area contributed by atoms with Gasteiger partial charge in [0.1, 0.15) is 30.5 Å². The number of hydrogen-bond acceptors (Lipinski definition) is 11. The number of aliphatic hydroxyl groups is 8. The second-order valence-electron chi connectivity index (χ2n) is 5.30. The Hall–Kier alpha value is -1.22. The fraction of sp³-hybridized carbons (Fsp3) is 0.833. The van der Waals surface area contributed by atoms with Crippen LogP contribution in [0.25, 0.3) is 0 Å². The van der Waals surface area contributed by atoms with Gasteiger partial charge in [-0.2, -0.15) is 0 Å². The van der Waals surface area contributed by atoms with Gasteiger partial charge in [0.05, 0.1) is 25.7 Å². The maximum Gasteiger partial charge on any atom is 0.224 e. The van der Waals surface area contributed by atoms with E-state index < -0.39 is 67.8 Å². The molecule has 0 saturated carbocycles. The van der Waals surface area contributed by atoms with Crippen molar-refractivity contribution in [3.63, 3.8) is 0 Å². The van der Waals surface area contributed by atoms with Gasteiger partial charge >= 0.3 is 0 Å². The van der Waals surface area contributed by atoms with Crippen LogP contribution in [0.1, 0.15) is 6.42 Å². The number of amides is 1. The minimum atomic E-state index is -2.56. The van der Waals surface area contributed by atoms with Crippen molar-refractivity contribution in [3.05, 3.63) is 0 Å². The molecule has 0 radical (unpaired) electrons. The smallest absolute Gasteiger partial charge is 0.224 e. The van der Waals surface area contributed by atoms with E-state index in [-0.39, 0.29) is 6.29 Å². The van der Waals surface area contributed by atoms with E-state index >= 15 is 0 Å². The first-order valence-corrected chi connectivity index (χ1v) is 6.90. The van der Waals surface area contributed by atoms with Crippen LogP contribution in [0, 0.1) is 0 Å². The molecule has 0 fully saturated rings. The van der Waals surface area contributed by atoms with E-state index in [1.54, 1.807) is 5.32 Å². The Morgan fingerprint density at radius 3 is 1.83 bits per heavy atom. The summed E-state index contributed by atoms with van der Waals surface area (Å²) in [6.45, 7) is -1.83. The molecule has 0 aliphatic heterocycles. The summed E-state index contributed by atoms with van der Waals surface area (Å²) < 4.78 is 0. The lowest BCUT2D eigenvalue weighted by Gasteiger charge is -2.34. The molecule has 1 unspecified atom stereocenters. The highest BCUT2D eigenvalue weighted by Gasteiger charge is 2.42. The minimum Gasteiger partial charge on any atom is -0.394 e. The molecule has 0 aromatic heterocycles. The van der Waals surface area contributed by atoms with Crippen LogP contribution in [0.3, 0.4) is 0 Å². The van der Waals surface area contributed by atoms with Gasteiger partial charge in [-0.1, -0.05) is 0 Å². The topological polar surface area (TPSA) is 234 Å². The fourth-order valence-electron chi connectivity index (χ4n) is 1.74. The van der Waals surface area contributed by atoms with Crippen LogP contribution in [0.2, 0.25) is 0 Å². The van der Waals surface area contributed by atoms with Crippen molar-refractivity contribution in [2.45, 2.75) is 48.7 Å². The van der Waals surface area contributed by atoms with E-state index in [1.807, 2.05) is 0 Å². The Morgan fingerprint density at radius 2 is 1.42 bits per heavy atom.